The number of benzene rings is 1. The highest BCUT2D eigenvalue weighted by Crippen LogP contribution is 2.23. The van der Waals surface area contributed by atoms with Gasteiger partial charge >= 0.3 is 0 Å². The van der Waals surface area contributed by atoms with Crippen molar-refractivity contribution in [1.29, 1.82) is 0 Å². The van der Waals surface area contributed by atoms with Crippen molar-refractivity contribution in [3.05, 3.63) is 46.1 Å². The van der Waals surface area contributed by atoms with E-state index in [-0.39, 0.29) is 11.6 Å². The van der Waals surface area contributed by atoms with Crippen LogP contribution in [-0.2, 0) is 6.42 Å². The first kappa shape index (κ1) is 12.9. The minimum atomic E-state index is -0.430. The first-order valence-corrected chi connectivity index (χ1v) is 5.98. The molecule has 1 aromatic heterocycles. The van der Waals surface area contributed by atoms with Gasteiger partial charge in [-0.25, -0.2) is 9.97 Å². The molecule has 0 aliphatic carbocycles. The molecule has 2 rings (SSSR count). The summed E-state index contributed by atoms with van der Waals surface area (Å²) in [7, 11) is 0. The zero-order chi connectivity index (χ0) is 13.8. The summed E-state index contributed by atoms with van der Waals surface area (Å²) in [6, 6.07) is 8.15. The average molecular weight is 258 g/mol. The van der Waals surface area contributed by atoms with Gasteiger partial charge in [0.15, 0.2) is 0 Å². The van der Waals surface area contributed by atoms with Gasteiger partial charge in [0.1, 0.15) is 0 Å². The predicted octanol–water partition coefficient (Wildman–Crippen LogP) is 2.59. The van der Waals surface area contributed by atoms with Crippen LogP contribution in [0.2, 0.25) is 0 Å². The lowest BCUT2D eigenvalue weighted by atomic mass is 10.1. The Hall–Kier alpha value is -2.50. The van der Waals surface area contributed by atoms with Gasteiger partial charge in [0, 0.05) is 23.4 Å². The van der Waals surface area contributed by atoms with Crippen LogP contribution in [0, 0.1) is 10.1 Å². The molecule has 0 saturated carbocycles. The molecular weight excluding hydrogens is 244 g/mol. The molecule has 2 aromatic rings. The monoisotopic (exact) mass is 258 g/mol. The van der Waals surface area contributed by atoms with Gasteiger partial charge in [-0.1, -0.05) is 25.5 Å². The van der Waals surface area contributed by atoms with E-state index in [1.807, 2.05) is 13.0 Å². The molecule has 0 aliphatic heterocycles. The molecule has 0 saturated heterocycles. The van der Waals surface area contributed by atoms with Gasteiger partial charge in [0.05, 0.1) is 10.6 Å². The molecule has 0 spiro atoms. The van der Waals surface area contributed by atoms with Crippen LogP contribution < -0.4 is 5.73 Å². The van der Waals surface area contributed by atoms with E-state index >= 15 is 0 Å². The molecule has 0 atom stereocenters. The van der Waals surface area contributed by atoms with E-state index in [1.54, 1.807) is 12.1 Å². The lowest BCUT2D eigenvalue weighted by molar-refractivity contribution is -0.384. The molecule has 0 unspecified atom stereocenters. The fourth-order valence-electron chi connectivity index (χ4n) is 1.83. The summed E-state index contributed by atoms with van der Waals surface area (Å²) in [4.78, 5) is 18.6. The summed E-state index contributed by atoms with van der Waals surface area (Å²) in [6.45, 7) is 2.05. The van der Waals surface area contributed by atoms with Crippen molar-refractivity contribution in [3.63, 3.8) is 0 Å². The average Bonchev–Trinajstić information content (AvgIpc) is 2.38. The molecule has 0 bridgehead atoms. The summed E-state index contributed by atoms with van der Waals surface area (Å²) in [6.07, 6.45) is 1.75. The third-order valence-electron chi connectivity index (χ3n) is 2.66. The number of nitrogens with zero attached hydrogens (tertiary/aromatic N) is 3. The molecule has 6 heteroatoms. The number of aryl methyl sites for hydroxylation is 1. The Balaban J connectivity index is 2.46. The van der Waals surface area contributed by atoms with Gasteiger partial charge in [0.25, 0.3) is 5.69 Å². The quantitative estimate of drug-likeness (QED) is 0.671. The van der Waals surface area contributed by atoms with E-state index in [2.05, 4.69) is 9.97 Å². The lowest BCUT2D eigenvalue weighted by Gasteiger charge is -2.05. The third-order valence-corrected chi connectivity index (χ3v) is 2.66. The van der Waals surface area contributed by atoms with Gasteiger partial charge < -0.3 is 5.73 Å². The maximum Gasteiger partial charge on any atom is 0.270 e. The van der Waals surface area contributed by atoms with Crippen LogP contribution in [0.25, 0.3) is 11.3 Å². The van der Waals surface area contributed by atoms with Crippen molar-refractivity contribution in [2.24, 2.45) is 0 Å². The molecule has 6 nitrogen and oxygen atoms in total. The highest BCUT2D eigenvalue weighted by atomic mass is 16.6. The van der Waals surface area contributed by atoms with E-state index in [0.29, 0.717) is 11.3 Å². The Morgan fingerprint density at radius 1 is 1.32 bits per heavy atom. The number of aromatic nitrogens is 2. The second kappa shape index (κ2) is 5.43. The zero-order valence-electron chi connectivity index (χ0n) is 10.5. The highest BCUT2D eigenvalue weighted by Gasteiger charge is 2.09. The van der Waals surface area contributed by atoms with Crippen molar-refractivity contribution in [2.75, 3.05) is 5.73 Å². The van der Waals surface area contributed by atoms with Crippen LogP contribution in [-0.4, -0.2) is 14.9 Å². The minimum Gasteiger partial charge on any atom is -0.368 e. The number of nitrogen functional groups attached to an aromatic ring is 1. The third kappa shape index (κ3) is 3.04. The van der Waals surface area contributed by atoms with Crippen molar-refractivity contribution < 1.29 is 4.92 Å². The second-order valence-corrected chi connectivity index (χ2v) is 4.16. The van der Waals surface area contributed by atoms with Crippen molar-refractivity contribution in [2.45, 2.75) is 19.8 Å². The Bertz CT molecular complexity index is 613. The maximum absolute atomic E-state index is 10.8. The Morgan fingerprint density at radius 3 is 2.79 bits per heavy atom. The highest BCUT2D eigenvalue weighted by molar-refractivity contribution is 5.63. The van der Waals surface area contributed by atoms with Gasteiger partial charge in [-0.15, -0.1) is 0 Å². The van der Waals surface area contributed by atoms with E-state index < -0.39 is 4.92 Å². The Kier molecular flexibility index (Phi) is 3.70. The first-order valence-electron chi connectivity index (χ1n) is 5.98. The van der Waals surface area contributed by atoms with Gasteiger partial charge in [-0.2, -0.15) is 0 Å². The number of anilines is 1. The summed E-state index contributed by atoms with van der Waals surface area (Å²) in [5.41, 5.74) is 7.82. The second-order valence-electron chi connectivity index (χ2n) is 4.16. The van der Waals surface area contributed by atoms with E-state index in [1.165, 1.54) is 12.1 Å². The first-order chi connectivity index (χ1) is 9.10. The van der Waals surface area contributed by atoms with Crippen LogP contribution in [0.15, 0.2) is 30.3 Å². The molecule has 0 fully saturated rings. The summed E-state index contributed by atoms with van der Waals surface area (Å²) < 4.78 is 0. The fourth-order valence-corrected chi connectivity index (χ4v) is 1.83. The number of nitrogens with two attached hydrogens (primary N) is 1. The number of nitro groups is 1. The van der Waals surface area contributed by atoms with Gasteiger partial charge in [-0.3, -0.25) is 10.1 Å². The van der Waals surface area contributed by atoms with Crippen molar-refractivity contribution in [3.8, 4) is 11.3 Å². The van der Waals surface area contributed by atoms with Crippen LogP contribution in [0.4, 0.5) is 11.6 Å². The maximum atomic E-state index is 10.8. The Labute approximate surface area is 110 Å². The smallest absolute Gasteiger partial charge is 0.270 e. The van der Waals surface area contributed by atoms with Crippen LogP contribution in [0.5, 0.6) is 0 Å². The molecule has 19 heavy (non-hydrogen) atoms. The molecule has 2 N–H and O–H groups in total. The molecule has 1 heterocycles. The molecule has 0 amide bonds. The van der Waals surface area contributed by atoms with Crippen LogP contribution in [0.1, 0.15) is 19.0 Å². The summed E-state index contributed by atoms with van der Waals surface area (Å²) in [5.74, 6) is 0.187. The molecule has 0 aliphatic rings. The fraction of sp³-hybridized carbons (Fsp3) is 0.231. The topological polar surface area (TPSA) is 94.9 Å². The molecule has 0 radical (unpaired) electrons. The van der Waals surface area contributed by atoms with Crippen LogP contribution >= 0.6 is 0 Å². The Morgan fingerprint density at radius 2 is 2.11 bits per heavy atom. The predicted molar refractivity (Wildman–Crippen MR) is 72.5 cm³/mol. The van der Waals surface area contributed by atoms with Crippen LogP contribution in [0.3, 0.4) is 0 Å². The normalized spacial score (nSPS) is 10.4. The molecular formula is C13H14N4O2. The van der Waals surface area contributed by atoms with Crippen molar-refractivity contribution >= 4 is 11.6 Å². The number of nitro benzene ring substituents is 1. The molecule has 1 aromatic carbocycles. The summed E-state index contributed by atoms with van der Waals surface area (Å²) >= 11 is 0. The van der Waals surface area contributed by atoms with Gasteiger partial charge in [0.2, 0.25) is 5.95 Å². The standard InChI is InChI=1S/C13H14N4O2/c1-2-4-10-8-12(16-13(14)15-10)9-5-3-6-11(7-9)17(18)19/h3,5-8H,2,4H2,1H3,(H2,14,15,16). The lowest BCUT2D eigenvalue weighted by Crippen LogP contribution is -2.01. The number of non-ortho nitro benzene ring substituents is 1. The zero-order valence-corrected chi connectivity index (χ0v) is 10.5. The molecule has 98 valence electrons. The minimum absolute atomic E-state index is 0.0340. The summed E-state index contributed by atoms with van der Waals surface area (Å²) in [5, 5.41) is 10.8. The van der Waals surface area contributed by atoms with Gasteiger partial charge in [-0.05, 0) is 12.5 Å². The van der Waals surface area contributed by atoms with Crippen molar-refractivity contribution in [1.82, 2.24) is 9.97 Å². The van der Waals surface area contributed by atoms with E-state index in [0.717, 1.165) is 18.5 Å². The SMILES string of the molecule is CCCc1cc(-c2cccc([N+](=O)[O-])c2)nc(N)n1. The number of rotatable bonds is 4. The van der Waals surface area contributed by atoms with E-state index in [9.17, 15) is 10.1 Å². The van der Waals surface area contributed by atoms with E-state index in [4.69, 9.17) is 5.73 Å². The number of hydrogen-bond donors (Lipinski definition) is 1. The largest absolute Gasteiger partial charge is 0.368 e. The number of hydrogen-bond acceptors (Lipinski definition) is 5.